The Bertz CT molecular complexity index is 586. The van der Waals surface area contributed by atoms with Gasteiger partial charge in [-0.15, -0.1) is 0 Å². The van der Waals surface area contributed by atoms with E-state index in [1.807, 2.05) is 18.5 Å². The minimum Gasteiger partial charge on any atom is -0.479 e. The minimum atomic E-state index is -2.23. The van der Waals surface area contributed by atoms with Gasteiger partial charge in [-0.05, 0) is 38.1 Å². The van der Waals surface area contributed by atoms with Gasteiger partial charge in [0.2, 0.25) is 0 Å². The third-order valence-electron chi connectivity index (χ3n) is 4.05. The van der Waals surface area contributed by atoms with E-state index < -0.39 is 43.5 Å². The van der Waals surface area contributed by atoms with Crippen LogP contribution >= 0.6 is 0 Å². The van der Waals surface area contributed by atoms with E-state index in [4.69, 9.17) is 25.5 Å². The molecule has 0 amide bonds. The van der Waals surface area contributed by atoms with Crippen molar-refractivity contribution < 1.29 is 39.9 Å². The van der Waals surface area contributed by atoms with Crippen LogP contribution in [0, 0.1) is 0 Å². The first-order valence-electron chi connectivity index (χ1n) is 8.42. The summed E-state index contributed by atoms with van der Waals surface area (Å²) in [6.45, 7) is -0.0210. The lowest BCUT2D eigenvalue weighted by molar-refractivity contribution is -0.173. The summed E-state index contributed by atoms with van der Waals surface area (Å²) in [5.41, 5.74) is 1.36. The van der Waals surface area contributed by atoms with Gasteiger partial charge in [0.1, 0.15) is 6.10 Å². The van der Waals surface area contributed by atoms with E-state index in [9.17, 15) is 9.59 Å². The summed E-state index contributed by atoms with van der Waals surface area (Å²) >= 11 is 0. The molecule has 27 heavy (non-hydrogen) atoms. The Morgan fingerprint density at radius 3 is 2.48 bits per heavy atom. The van der Waals surface area contributed by atoms with Crippen LogP contribution in [0.1, 0.15) is 24.4 Å². The van der Waals surface area contributed by atoms with Crippen LogP contribution in [0.4, 0.5) is 0 Å². The molecule has 0 radical (unpaired) electrons. The topological polar surface area (TPSA) is 161 Å². The predicted molar refractivity (Wildman–Crippen MR) is 93.0 cm³/mol. The van der Waals surface area contributed by atoms with E-state index in [0.717, 1.165) is 0 Å². The molecule has 1 saturated heterocycles. The molecule has 10 nitrogen and oxygen atoms in total. The van der Waals surface area contributed by atoms with Crippen molar-refractivity contribution >= 4 is 11.9 Å². The molecule has 1 aromatic heterocycles. The highest BCUT2D eigenvalue weighted by molar-refractivity contribution is 5.83. The largest absolute Gasteiger partial charge is 0.479 e. The number of likely N-dealkylation sites (tertiary alicyclic amines) is 1. The first-order valence-corrected chi connectivity index (χ1v) is 8.42. The molecule has 0 saturated carbocycles. The lowest BCUT2D eigenvalue weighted by Crippen LogP contribution is -2.43. The predicted octanol–water partition coefficient (Wildman–Crippen LogP) is -0.897. The van der Waals surface area contributed by atoms with Crippen molar-refractivity contribution in [2.24, 2.45) is 0 Å². The van der Waals surface area contributed by atoms with Crippen LogP contribution in [-0.2, 0) is 14.3 Å². The van der Waals surface area contributed by atoms with Gasteiger partial charge in [0.05, 0.1) is 13.2 Å². The normalized spacial score (nSPS) is 20.2. The number of aliphatic hydroxyl groups excluding tert-OH is 3. The quantitative estimate of drug-likeness (QED) is 0.379. The molecular formula is C17H26N2O8. The van der Waals surface area contributed by atoms with E-state index in [2.05, 4.69) is 27.7 Å². The maximum absolute atomic E-state index is 10.5. The highest BCUT2D eigenvalue weighted by Gasteiger charge is 2.33. The van der Waals surface area contributed by atoms with Gasteiger partial charge in [-0.3, -0.25) is 9.88 Å². The van der Waals surface area contributed by atoms with Gasteiger partial charge in [0.25, 0.3) is 0 Å². The Morgan fingerprint density at radius 1 is 1.33 bits per heavy atom. The number of carboxylic acid groups (broad SMARTS) is 2. The number of aliphatic carboxylic acids is 2. The smallest absolute Gasteiger partial charge is 0.336 e. The number of hydrogen-bond acceptors (Lipinski definition) is 8. The fourth-order valence-electron chi connectivity index (χ4n) is 2.60. The SMILES string of the molecule is CN1CCCC1c1cccnc1.O=C(O)C(O)C(OCC(O)CO)C(=O)O. The Balaban J connectivity index is 0.000000274. The van der Waals surface area contributed by atoms with Crippen molar-refractivity contribution in [3.8, 4) is 0 Å². The summed E-state index contributed by atoms with van der Waals surface area (Å²) in [6, 6.07) is 4.79. The first-order chi connectivity index (χ1) is 12.8. The molecule has 1 aliphatic rings. The Hall–Kier alpha value is -2.11. The summed E-state index contributed by atoms with van der Waals surface area (Å²) in [7, 11) is 2.19. The van der Waals surface area contributed by atoms with E-state index in [0.29, 0.717) is 6.04 Å². The number of rotatable bonds is 8. The second-order valence-electron chi connectivity index (χ2n) is 6.14. The molecule has 1 fully saturated rings. The van der Waals surface area contributed by atoms with Crippen molar-refractivity contribution in [1.29, 1.82) is 0 Å². The van der Waals surface area contributed by atoms with E-state index in [1.54, 1.807) is 0 Å². The number of carbonyl (C=O) groups is 2. The summed E-state index contributed by atoms with van der Waals surface area (Å²) in [6.07, 6.45) is 0.869. The Kier molecular flexibility index (Phi) is 9.83. The molecular weight excluding hydrogens is 360 g/mol. The molecule has 2 rings (SSSR count). The number of carboxylic acids is 2. The fraction of sp³-hybridized carbons (Fsp3) is 0.588. The van der Waals surface area contributed by atoms with Crippen molar-refractivity contribution in [1.82, 2.24) is 9.88 Å². The maximum Gasteiger partial charge on any atom is 0.336 e. The van der Waals surface area contributed by atoms with E-state index in [1.165, 1.54) is 24.9 Å². The van der Waals surface area contributed by atoms with Gasteiger partial charge >= 0.3 is 11.9 Å². The van der Waals surface area contributed by atoms with Crippen molar-refractivity contribution in [2.75, 3.05) is 26.8 Å². The maximum atomic E-state index is 10.5. The van der Waals surface area contributed by atoms with Crippen LogP contribution in [-0.4, -0.2) is 92.5 Å². The fourth-order valence-corrected chi connectivity index (χ4v) is 2.60. The van der Waals surface area contributed by atoms with Crippen molar-refractivity contribution in [3.63, 3.8) is 0 Å². The molecule has 4 unspecified atom stereocenters. The van der Waals surface area contributed by atoms with Crippen LogP contribution in [0.3, 0.4) is 0 Å². The standard InChI is InChI=1S/C10H14N2.C7H12O8/c1-12-7-3-5-10(12)9-4-2-6-11-8-9;8-1-3(9)2-15-5(7(13)14)4(10)6(11)12/h2,4,6,8,10H,3,5,7H2,1H3;3-5,8-10H,1-2H2,(H,11,12)(H,13,14). The highest BCUT2D eigenvalue weighted by atomic mass is 16.5. The van der Waals surface area contributed by atoms with Crippen LogP contribution in [0.5, 0.6) is 0 Å². The van der Waals surface area contributed by atoms with Crippen LogP contribution < -0.4 is 0 Å². The number of ether oxygens (including phenoxy) is 1. The molecule has 0 spiro atoms. The second-order valence-corrected chi connectivity index (χ2v) is 6.14. The third-order valence-corrected chi connectivity index (χ3v) is 4.05. The number of aromatic nitrogens is 1. The molecule has 0 aliphatic carbocycles. The highest BCUT2D eigenvalue weighted by Crippen LogP contribution is 2.29. The second kappa shape index (κ2) is 11.6. The van der Waals surface area contributed by atoms with Gasteiger partial charge in [-0.2, -0.15) is 0 Å². The van der Waals surface area contributed by atoms with E-state index >= 15 is 0 Å². The van der Waals surface area contributed by atoms with E-state index in [-0.39, 0.29) is 0 Å². The molecule has 4 atom stereocenters. The zero-order valence-corrected chi connectivity index (χ0v) is 15.0. The number of hydrogen-bond donors (Lipinski definition) is 5. The van der Waals surface area contributed by atoms with Gasteiger partial charge < -0.3 is 30.3 Å². The van der Waals surface area contributed by atoms with Crippen molar-refractivity contribution in [3.05, 3.63) is 30.1 Å². The molecule has 0 bridgehead atoms. The first kappa shape index (κ1) is 22.9. The lowest BCUT2D eigenvalue weighted by atomic mass is 10.1. The number of aliphatic hydroxyl groups is 3. The Morgan fingerprint density at radius 2 is 2.04 bits per heavy atom. The molecule has 10 heteroatoms. The molecule has 152 valence electrons. The molecule has 5 N–H and O–H groups in total. The van der Waals surface area contributed by atoms with Gasteiger partial charge in [-0.1, -0.05) is 6.07 Å². The lowest BCUT2D eigenvalue weighted by Gasteiger charge is -2.18. The average molecular weight is 386 g/mol. The third kappa shape index (κ3) is 7.57. The van der Waals surface area contributed by atoms with Gasteiger partial charge in [0.15, 0.2) is 12.2 Å². The summed E-state index contributed by atoms with van der Waals surface area (Å²) in [5, 5.41) is 42.9. The summed E-state index contributed by atoms with van der Waals surface area (Å²) < 4.78 is 4.44. The number of nitrogens with zero attached hydrogens (tertiary/aromatic N) is 2. The molecule has 1 aromatic rings. The minimum absolute atomic E-state index is 0.586. The van der Waals surface area contributed by atoms with Crippen LogP contribution in [0.2, 0.25) is 0 Å². The molecule has 1 aliphatic heterocycles. The zero-order chi connectivity index (χ0) is 20.4. The zero-order valence-electron chi connectivity index (χ0n) is 15.0. The Labute approximate surface area is 156 Å². The number of pyridine rings is 1. The summed E-state index contributed by atoms with van der Waals surface area (Å²) in [5.74, 6) is -3.42. The summed E-state index contributed by atoms with van der Waals surface area (Å²) in [4.78, 5) is 27.2. The van der Waals surface area contributed by atoms with Gasteiger partial charge in [-0.25, -0.2) is 9.59 Å². The molecule has 2 heterocycles. The van der Waals surface area contributed by atoms with Gasteiger partial charge in [0, 0.05) is 18.4 Å². The monoisotopic (exact) mass is 386 g/mol. The average Bonchev–Trinajstić information content (AvgIpc) is 3.08. The van der Waals surface area contributed by atoms with Crippen molar-refractivity contribution in [2.45, 2.75) is 37.2 Å². The van der Waals surface area contributed by atoms with Crippen LogP contribution in [0.15, 0.2) is 24.5 Å². The van der Waals surface area contributed by atoms with Crippen LogP contribution in [0.25, 0.3) is 0 Å². The molecule has 0 aromatic carbocycles.